The van der Waals surface area contributed by atoms with Crippen molar-refractivity contribution in [2.45, 2.75) is 64.6 Å². The van der Waals surface area contributed by atoms with Crippen molar-refractivity contribution in [3.8, 4) is 0 Å². The Labute approximate surface area is 157 Å². The van der Waals surface area contributed by atoms with Gasteiger partial charge in [0.25, 0.3) is 0 Å². The predicted molar refractivity (Wildman–Crippen MR) is 106 cm³/mol. The van der Waals surface area contributed by atoms with Crippen LogP contribution < -0.4 is 0 Å². The van der Waals surface area contributed by atoms with Crippen LogP contribution in [-0.2, 0) is 11.3 Å². The maximum atomic E-state index is 5.59. The Hall–Kier alpha value is -1.39. The van der Waals surface area contributed by atoms with Crippen molar-refractivity contribution in [2.75, 3.05) is 19.8 Å². The monoisotopic (exact) mass is 355 g/mol. The second-order valence-electron chi connectivity index (χ2n) is 8.40. The number of ether oxygens (including phenoxy) is 1. The summed E-state index contributed by atoms with van der Waals surface area (Å²) >= 11 is 0. The number of aromatic nitrogens is 2. The van der Waals surface area contributed by atoms with Crippen LogP contribution in [0.5, 0.6) is 0 Å². The summed E-state index contributed by atoms with van der Waals surface area (Å²) in [6.45, 7) is 8.50. The standard InChI is InChI=1S/C22H33N3O/c1-3-26-11-10-18-12-20-8-9-21(13-18)24(20)15-17(2)16-25-22-7-5-4-6-19(22)14-23-25/h4-7,14,17-18,20-21H,3,8-13,15-16H2,1-2H3/t17-,18?,20-,21+/m1/s1. The minimum atomic E-state index is 0.626. The second kappa shape index (κ2) is 8.10. The predicted octanol–water partition coefficient (Wildman–Crippen LogP) is 4.34. The highest BCUT2D eigenvalue weighted by molar-refractivity contribution is 5.78. The summed E-state index contributed by atoms with van der Waals surface area (Å²) in [5.41, 5.74) is 1.26. The summed E-state index contributed by atoms with van der Waals surface area (Å²) in [7, 11) is 0. The zero-order valence-corrected chi connectivity index (χ0v) is 16.3. The Bertz CT molecular complexity index is 698. The van der Waals surface area contributed by atoms with Gasteiger partial charge in [0.2, 0.25) is 0 Å². The summed E-state index contributed by atoms with van der Waals surface area (Å²) < 4.78 is 7.78. The van der Waals surface area contributed by atoms with Gasteiger partial charge in [-0.3, -0.25) is 9.58 Å². The third kappa shape index (κ3) is 3.81. The third-order valence-corrected chi connectivity index (χ3v) is 6.41. The molecule has 4 nitrogen and oxygen atoms in total. The number of para-hydroxylation sites is 1. The summed E-state index contributed by atoms with van der Waals surface area (Å²) in [5.74, 6) is 1.50. The van der Waals surface area contributed by atoms with E-state index in [4.69, 9.17) is 4.74 Å². The molecule has 0 amide bonds. The highest BCUT2D eigenvalue weighted by Crippen LogP contribution is 2.40. The summed E-state index contributed by atoms with van der Waals surface area (Å²) in [4.78, 5) is 2.83. The molecule has 0 N–H and O–H groups in total. The molecule has 3 heterocycles. The van der Waals surface area contributed by atoms with Gasteiger partial charge in [0.1, 0.15) is 0 Å². The fraction of sp³-hybridized carbons (Fsp3) is 0.682. The lowest BCUT2D eigenvalue weighted by atomic mass is 9.88. The topological polar surface area (TPSA) is 30.3 Å². The third-order valence-electron chi connectivity index (χ3n) is 6.41. The van der Waals surface area contributed by atoms with Gasteiger partial charge in [0, 0.05) is 43.8 Å². The van der Waals surface area contributed by atoms with Gasteiger partial charge in [0.15, 0.2) is 0 Å². The van der Waals surface area contributed by atoms with Crippen LogP contribution in [0.4, 0.5) is 0 Å². The first-order valence-electron chi connectivity index (χ1n) is 10.5. The molecule has 0 saturated carbocycles. The fourth-order valence-corrected chi connectivity index (χ4v) is 5.20. The smallest absolute Gasteiger partial charge is 0.0682 e. The van der Waals surface area contributed by atoms with Gasteiger partial charge in [0.05, 0.1) is 11.7 Å². The van der Waals surface area contributed by atoms with Crippen LogP contribution in [0.2, 0.25) is 0 Å². The molecular formula is C22H33N3O. The van der Waals surface area contributed by atoms with E-state index < -0.39 is 0 Å². The van der Waals surface area contributed by atoms with Crippen molar-refractivity contribution < 1.29 is 4.74 Å². The normalized spacial score (nSPS) is 27.2. The highest BCUT2D eigenvalue weighted by Gasteiger charge is 2.40. The number of rotatable bonds is 8. The molecule has 4 rings (SSSR count). The van der Waals surface area contributed by atoms with Crippen LogP contribution in [0.25, 0.3) is 10.9 Å². The molecule has 4 heteroatoms. The fourth-order valence-electron chi connectivity index (χ4n) is 5.20. The largest absolute Gasteiger partial charge is 0.382 e. The molecule has 0 radical (unpaired) electrons. The average Bonchev–Trinajstić information content (AvgIpc) is 3.13. The first-order chi connectivity index (χ1) is 12.7. The minimum Gasteiger partial charge on any atom is -0.382 e. The molecule has 2 aliphatic rings. The average molecular weight is 356 g/mol. The van der Waals surface area contributed by atoms with Gasteiger partial charge in [-0.25, -0.2) is 0 Å². The van der Waals surface area contributed by atoms with E-state index in [9.17, 15) is 0 Å². The summed E-state index contributed by atoms with van der Waals surface area (Å²) in [6, 6.07) is 10.1. The Kier molecular flexibility index (Phi) is 5.60. The molecule has 1 aromatic heterocycles. The number of nitrogens with zero attached hydrogens (tertiary/aromatic N) is 3. The van der Waals surface area contributed by atoms with Crippen molar-refractivity contribution in [1.82, 2.24) is 14.7 Å². The quantitative estimate of drug-likeness (QED) is 0.660. The number of fused-ring (bicyclic) bond motifs is 3. The van der Waals surface area contributed by atoms with Crippen LogP contribution in [0.1, 0.15) is 46.0 Å². The van der Waals surface area contributed by atoms with E-state index in [1.54, 1.807) is 0 Å². The van der Waals surface area contributed by atoms with E-state index in [0.717, 1.165) is 37.8 Å². The van der Waals surface area contributed by atoms with E-state index in [2.05, 4.69) is 52.8 Å². The van der Waals surface area contributed by atoms with Crippen LogP contribution in [0, 0.1) is 11.8 Å². The zero-order chi connectivity index (χ0) is 17.9. The van der Waals surface area contributed by atoms with Crippen molar-refractivity contribution in [3.05, 3.63) is 30.5 Å². The maximum Gasteiger partial charge on any atom is 0.0682 e. The van der Waals surface area contributed by atoms with Crippen LogP contribution >= 0.6 is 0 Å². The van der Waals surface area contributed by atoms with Gasteiger partial charge >= 0.3 is 0 Å². The van der Waals surface area contributed by atoms with Crippen molar-refractivity contribution >= 4 is 10.9 Å². The molecule has 4 atom stereocenters. The van der Waals surface area contributed by atoms with E-state index in [1.807, 2.05) is 6.20 Å². The lowest BCUT2D eigenvalue weighted by molar-refractivity contribution is 0.0635. The van der Waals surface area contributed by atoms with E-state index >= 15 is 0 Å². The van der Waals surface area contributed by atoms with Gasteiger partial charge in [-0.05, 0) is 56.9 Å². The SMILES string of the molecule is CCOCCC1C[C@H]2CC[C@@H](C1)N2C[C@@H](C)Cn1ncc2ccccc21. The van der Waals surface area contributed by atoms with Crippen LogP contribution in [0.15, 0.2) is 30.5 Å². The molecule has 2 saturated heterocycles. The van der Waals surface area contributed by atoms with Crippen molar-refractivity contribution in [1.29, 1.82) is 0 Å². The molecule has 1 unspecified atom stereocenters. The van der Waals surface area contributed by atoms with Gasteiger partial charge < -0.3 is 4.74 Å². The van der Waals surface area contributed by atoms with E-state index in [0.29, 0.717) is 5.92 Å². The molecule has 0 spiro atoms. The Balaban J connectivity index is 1.33. The first-order valence-corrected chi connectivity index (χ1v) is 10.5. The minimum absolute atomic E-state index is 0.626. The maximum absolute atomic E-state index is 5.59. The highest BCUT2D eigenvalue weighted by atomic mass is 16.5. The molecule has 0 aliphatic carbocycles. The number of piperidine rings is 1. The molecule has 26 heavy (non-hydrogen) atoms. The molecule has 142 valence electrons. The number of benzene rings is 1. The second-order valence-corrected chi connectivity index (χ2v) is 8.40. The summed E-state index contributed by atoms with van der Waals surface area (Å²) in [5, 5.41) is 5.87. The number of hydrogen-bond donors (Lipinski definition) is 0. The van der Waals surface area contributed by atoms with Crippen molar-refractivity contribution in [3.63, 3.8) is 0 Å². The van der Waals surface area contributed by atoms with Gasteiger partial charge in [-0.1, -0.05) is 25.1 Å². The summed E-state index contributed by atoms with van der Waals surface area (Å²) in [6.07, 6.45) is 8.79. The lowest BCUT2D eigenvalue weighted by Gasteiger charge is -2.40. The lowest BCUT2D eigenvalue weighted by Crippen LogP contribution is -2.45. The van der Waals surface area contributed by atoms with Crippen LogP contribution in [0.3, 0.4) is 0 Å². The Morgan fingerprint density at radius 3 is 2.69 bits per heavy atom. The molecule has 1 aromatic carbocycles. The van der Waals surface area contributed by atoms with Gasteiger partial charge in [-0.2, -0.15) is 5.10 Å². The Morgan fingerprint density at radius 2 is 1.92 bits per heavy atom. The molecular weight excluding hydrogens is 322 g/mol. The number of hydrogen-bond acceptors (Lipinski definition) is 3. The van der Waals surface area contributed by atoms with E-state index in [1.165, 1.54) is 49.6 Å². The molecule has 2 bridgehead atoms. The molecule has 2 fully saturated rings. The Morgan fingerprint density at radius 1 is 1.15 bits per heavy atom. The van der Waals surface area contributed by atoms with Crippen molar-refractivity contribution in [2.24, 2.45) is 11.8 Å². The van der Waals surface area contributed by atoms with E-state index in [-0.39, 0.29) is 0 Å². The first kappa shape index (κ1) is 18.0. The molecule has 2 aliphatic heterocycles. The zero-order valence-electron chi connectivity index (χ0n) is 16.3. The van der Waals surface area contributed by atoms with Crippen LogP contribution in [-0.4, -0.2) is 46.5 Å². The van der Waals surface area contributed by atoms with Gasteiger partial charge in [-0.15, -0.1) is 0 Å². The molecule has 2 aromatic rings.